The number of carbonyl (C=O) groups excluding carboxylic acids is 1. The highest BCUT2D eigenvalue weighted by atomic mass is 16.7. The van der Waals surface area contributed by atoms with Crippen LogP contribution >= 0.6 is 0 Å². The Hall–Kier alpha value is -2.81. The van der Waals surface area contributed by atoms with Gasteiger partial charge in [0.25, 0.3) is 5.91 Å². The highest BCUT2D eigenvalue weighted by molar-refractivity contribution is 6.01. The number of hydrazine groups is 1. The maximum Gasteiger partial charge on any atom is 0.271 e. The monoisotopic (exact) mass is 412 g/mol. The molecule has 158 valence electrons. The smallest absolute Gasteiger partial charge is 0.271 e. The van der Waals surface area contributed by atoms with Gasteiger partial charge in [0.1, 0.15) is 5.75 Å². The van der Waals surface area contributed by atoms with Gasteiger partial charge in [-0.2, -0.15) is 0 Å². The Bertz CT molecular complexity index is 978. The number of ether oxygens (including phenoxy) is 4. The van der Waals surface area contributed by atoms with Crippen molar-refractivity contribution in [2.24, 2.45) is 0 Å². The van der Waals surface area contributed by atoms with E-state index in [2.05, 4.69) is 0 Å². The molecule has 1 N–H and O–H groups in total. The molecule has 0 radical (unpaired) electrons. The molecule has 1 fully saturated rings. The minimum absolute atomic E-state index is 0.00242. The number of rotatable bonds is 5. The summed E-state index contributed by atoms with van der Waals surface area (Å²) >= 11 is 0. The van der Waals surface area contributed by atoms with E-state index in [1.165, 1.54) is 5.01 Å². The number of benzene rings is 2. The molecule has 0 aliphatic carbocycles. The SMILES string of the molecule is COC[C@@H]1CCCN1N1C(=O)c2cc3c(cc2C1(O)c1ccc(OC)cc1)OCO3. The molecule has 2 atom stereocenters. The van der Waals surface area contributed by atoms with Crippen molar-refractivity contribution in [2.45, 2.75) is 24.6 Å². The molecule has 3 aliphatic heterocycles. The van der Waals surface area contributed by atoms with Gasteiger partial charge in [-0.1, -0.05) is 12.1 Å². The van der Waals surface area contributed by atoms with E-state index in [4.69, 9.17) is 18.9 Å². The van der Waals surface area contributed by atoms with Crippen LogP contribution in [-0.4, -0.2) is 61.2 Å². The summed E-state index contributed by atoms with van der Waals surface area (Å²) in [6, 6.07) is 10.5. The zero-order chi connectivity index (χ0) is 20.9. The molecule has 2 aromatic rings. The van der Waals surface area contributed by atoms with Gasteiger partial charge in [-0.3, -0.25) is 4.79 Å². The van der Waals surface area contributed by atoms with Crippen LogP contribution in [0.15, 0.2) is 36.4 Å². The Morgan fingerprint density at radius 1 is 1.17 bits per heavy atom. The van der Waals surface area contributed by atoms with E-state index in [0.717, 1.165) is 12.8 Å². The standard InChI is InChI=1S/C22H24N2O6/c1-27-12-15-4-3-9-23(15)24-21(25)17-10-19-20(30-13-29-19)11-18(17)22(24,26)14-5-7-16(28-2)8-6-14/h5-8,10-11,15,26H,3-4,9,12-13H2,1-2H3/t15-,22?/m0/s1. The normalized spacial score (nSPS) is 25.1. The van der Waals surface area contributed by atoms with Crippen LogP contribution in [0.3, 0.4) is 0 Å². The third-order valence-corrected chi connectivity index (χ3v) is 6.07. The maximum atomic E-state index is 13.6. The van der Waals surface area contributed by atoms with Gasteiger partial charge >= 0.3 is 0 Å². The van der Waals surface area contributed by atoms with Crippen LogP contribution in [0.1, 0.15) is 34.3 Å². The average Bonchev–Trinajstić information content (AvgIpc) is 3.46. The van der Waals surface area contributed by atoms with E-state index in [1.54, 1.807) is 50.6 Å². The van der Waals surface area contributed by atoms with Crippen molar-refractivity contribution in [3.8, 4) is 17.2 Å². The maximum absolute atomic E-state index is 13.6. The molecule has 0 spiro atoms. The van der Waals surface area contributed by atoms with Crippen molar-refractivity contribution in [1.29, 1.82) is 0 Å². The van der Waals surface area contributed by atoms with Crippen molar-refractivity contribution in [2.75, 3.05) is 34.2 Å². The molecule has 1 unspecified atom stereocenters. The summed E-state index contributed by atoms with van der Waals surface area (Å²) in [5.41, 5.74) is -0.237. The number of carbonyl (C=O) groups is 1. The van der Waals surface area contributed by atoms with E-state index in [9.17, 15) is 9.90 Å². The number of hydrogen-bond donors (Lipinski definition) is 1. The zero-order valence-corrected chi connectivity index (χ0v) is 17.0. The summed E-state index contributed by atoms with van der Waals surface area (Å²) in [6.07, 6.45) is 1.80. The second-order valence-corrected chi connectivity index (χ2v) is 7.68. The van der Waals surface area contributed by atoms with Crippen molar-refractivity contribution in [3.63, 3.8) is 0 Å². The predicted molar refractivity (Wildman–Crippen MR) is 106 cm³/mol. The summed E-state index contributed by atoms with van der Waals surface area (Å²) in [5.74, 6) is 1.42. The first-order chi connectivity index (χ1) is 14.6. The summed E-state index contributed by atoms with van der Waals surface area (Å²) in [7, 11) is 3.23. The van der Waals surface area contributed by atoms with Crippen molar-refractivity contribution in [3.05, 3.63) is 53.1 Å². The Morgan fingerprint density at radius 2 is 1.90 bits per heavy atom. The van der Waals surface area contributed by atoms with Crippen LogP contribution in [0, 0.1) is 0 Å². The quantitative estimate of drug-likeness (QED) is 0.806. The first kappa shape index (κ1) is 19.2. The molecule has 8 nitrogen and oxygen atoms in total. The van der Waals surface area contributed by atoms with Crippen LogP contribution in [0.25, 0.3) is 0 Å². The Kier molecular flexibility index (Phi) is 4.57. The molecule has 0 aromatic heterocycles. The van der Waals surface area contributed by atoms with Crippen molar-refractivity contribution >= 4 is 5.91 Å². The van der Waals surface area contributed by atoms with Gasteiger partial charge < -0.3 is 24.1 Å². The van der Waals surface area contributed by atoms with Gasteiger partial charge in [-0.25, -0.2) is 10.0 Å². The number of aliphatic hydroxyl groups is 1. The van der Waals surface area contributed by atoms with Gasteiger partial charge in [-0.15, -0.1) is 0 Å². The molecule has 8 heteroatoms. The van der Waals surface area contributed by atoms with Gasteiger partial charge in [0.05, 0.1) is 25.3 Å². The highest BCUT2D eigenvalue weighted by Gasteiger charge is 2.55. The molecule has 3 heterocycles. The van der Waals surface area contributed by atoms with Crippen LogP contribution in [0.4, 0.5) is 0 Å². The fraction of sp³-hybridized carbons (Fsp3) is 0.409. The largest absolute Gasteiger partial charge is 0.497 e. The molecular weight excluding hydrogens is 388 g/mol. The molecule has 1 amide bonds. The third kappa shape index (κ3) is 2.68. The number of hydrogen-bond acceptors (Lipinski definition) is 7. The molecule has 3 aliphatic rings. The van der Waals surface area contributed by atoms with Crippen LogP contribution in [0.2, 0.25) is 0 Å². The molecule has 5 rings (SSSR count). The lowest BCUT2D eigenvalue weighted by atomic mass is 9.93. The number of methoxy groups -OCH3 is 2. The van der Waals surface area contributed by atoms with Crippen LogP contribution in [0.5, 0.6) is 17.2 Å². The van der Waals surface area contributed by atoms with E-state index in [-0.39, 0.29) is 18.7 Å². The second kappa shape index (κ2) is 7.16. The molecule has 0 saturated carbocycles. The molecule has 30 heavy (non-hydrogen) atoms. The van der Waals surface area contributed by atoms with Crippen LogP contribution < -0.4 is 14.2 Å². The summed E-state index contributed by atoms with van der Waals surface area (Å²) in [6.45, 7) is 1.22. The lowest BCUT2D eigenvalue weighted by Crippen LogP contribution is -2.57. The zero-order valence-electron chi connectivity index (χ0n) is 17.0. The first-order valence-corrected chi connectivity index (χ1v) is 9.99. The summed E-state index contributed by atoms with van der Waals surface area (Å²) < 4.78 is 21.6. The minimum Gasteiger partial charge on any atom is -0.497 e. The van der Waals surface area contributed by atoms with E-state index >= 15 is 0 Å². The summed E-state index contributed by atoms with van der Waals surface area (Å²) in [4.78, 5) is 13.6. The molecule has 2 aromatic carbocycles. The predicted octanol–water partition coefficient (Wildman–Crippen LogP) is 2.10. The van der Waals surface area contributed by atoms with E-state index < -0.39 is 5.72 Å². The topological polar surface area (TPSA) is 80.7 Å². The van der Waals surface area contributed by atoms with Crippen molar-refractivity contribution < 1.29 is 28.8 Å². The molecule has 1 saturated heterocycles. The van der Waals surface area contributed by atoms with E-state index in [1.807, 2.05) is 5.01 Å². The van der Waals surface area contributed by atoms with Crippen molar-refractivity contribution in [1.82, 2.24) is 10.0 Å². The minimum atomic E-state index is -1.68. The highest BCUT2D eigenvalue weighted by Crippen LogP contribution is 2.49. The lowest BCUT2D eigenvalue weighted by molar-refractivity contribution is -0.166. The Balaban J connectivity index is 1.67. The molecular formula is C22H24N2O6. The molecule has 0 bridgehead atoms. The fourth-order valence-corrected chi connectivity index (χ4v) is 4.63. The van der Waals surface area contributed by atoms with Gasteiger partial charge in [0, 0.05) is 24.8 Å². The average molecular weight is 412 g/mol. The van der Waals surface area contributed by atoms with Gasteiger partial charge in [-0.05, 0) is 37.1 Å². The van der Waals surface area contributed by atoms with Gasteiger partial charge in [0.2, 0.25) is 12.5 Å². The first-order valence-electron chi connectivity index (χ1n) is 9.99. The third-order valence-electron chi connectivity index (χ3n) is 6.07. The van der Waals surface area contributed by atoms with Crippen LogP contribution in [-0.2, 0) is 10.5 Å². The number of nitrogens with zero attached hydrogens (tertiary/aromatic N) is 2. The van der Waals surface area contributed by atoms with Gasteiger partial charge in [0.15, 0.2) is 11.5 Å². The second-order valence-electron chi connectivity index (χ2n) is 7.68. The number of amides is 1. The fourth-order valence-electron chi connectivity index (χ4n) is 4.63. The Morgan fingerprint density at radius 3 is 2.60 bits per heavy atom. The number of fused-ring (bicyclic) bond motifs is 2. The summed E-state index contributed by atoms with van der Waals surface area (Å²) in [5, 5.41) is 15.6. The van der Waals surface area contributed by atoms with E-state index in [0.29, 0.717) is 47.1 Å². The lowest BCUT2D eigenvalue weighted by Gasteiger charge is -2.42. The Labute approximate surface area is 174 Å².